The Labute approximate surface area is 118 Å². The Morgan fingerprint density at radius 3 is 2.37 bits per heavy atom. The van der Waals surface area contributed by atoms with E-state index in [0.29, 0.717) is 5.92 Å². The fourth-order valence-electron chi connectivity index (χ4n) is 1.84. The summed E-state index contributed by atoms with van der Waals surface area (Å²) in [5, 5.41) is 0. The van der Waals surface area contributed by atoms with Crippen molar-refractivity contribution in [2.45, 2.75) is 39.7 Å². The summed E-state index contributed by atoms with van der Waals surface area (Å²) in [7, 11) is -1.19. The van der Waals surface area contributed by atoms with Crippen molar-refractivity contribution in [1.29, 1.82) is 0 Å². The van der Waals surface area contributed by atoms with Crippen LogP contribution in [0.5, 0.6) is 0 Å². The summed E-state index contributed by atoms with van der Waals surface area (Å²) in [6, 6.07) is 8.26. The Kier molecular flexibility index (Phi) is 6.02. The van der Waals surface area contributed by atoms with Gasteiger partial charge in [0, 0.05) is 0 Å². The molecule has 0 fully saturated rings. The van der Waals surface area contributed by atoms with Crippen LogP contribution in [0.3, 0.4) is 0 Å². The van der Waals surface area contributed by atoms with Crippen molar-refractivity contribution in [3.63, 3.8) is 0 Å². The topological polar surface area (TPSA) is 26.3 Å². The van der Waals surface area contributed by atoms with Gasteiger partial charge in [-0.2, -0.15) is 0 Å². The number of hydrogen-bond donors (Lipinski definition) is 0. The maximum atomic E-state index is 11.9. The molecule has 0 saturated carbocycles. The van der Waals surface area contributed by atoms with Gasteiger partial charge in [-0.3, -0.25) is 4.79 Å². The van der Waals surface area contributed by atoms with E-state index in [2.05, 4.69) is 32.6 Å². The van der Waals surface area contributed by atoms with Crippen LogP contribution in [0.4, 0.5) is 0 Å². The molecule has 0 aromatic heterocycles. The molecule has 0 aliphatic rings. The fraction of sp³-hybridized carbons (Fsp3) is 0.438. The van der Waals surface area contributed by atoms with Crippen LogP contribution in [0.15, 0.2) is 36.5 Å². The zero-order chi connectivity index (χ0) is 14.4. The quantitative estimate of drug-likeness (QED) is 0.737. The van der Waals surface area contributed by atoms with Crippen LogP contribution in [0.2, 0.25) is 6.55 Å². The molecule has 0 spiro atoms. The van der Waals surface area contributed by atoms with E-state index in [4.69, 9.17) is 4.43 Å². The van der Waals surface area contributed by atoms with E-state index in [0.717, 1.165) is 12.0 Å². The van der Waals surface area contributed by atoms with Crippen molar-refractivity contribution < 1.29 is 9.22 Å². The maximum Gasteiger partial charge on any atom is 0.309 e. The van der Waals surface area contributed by atoms with Crippen molar-refractivity contribution in [1.82, 2.24) is 0 Å². The van der Waals surface area contributed by atoms with Crippen LogP contribution in [0.25, 0.3) is 0 Å². The first-order valence-electron chi connectivity index (χ1n) is 6.70. The zero-order valence-corrected chi connectivity index (χ0v) is 13.3. The average Bonchev–Trinajstić information content (AvgIpc) is 2.37. The van der Waals surface area contributed by atoms with Crippen LogP contribution in [-0.4, -0.2) is 15.0 Å². The number of benzene rings is 1. The lowest BCUT2D eigenvalue weighted by molar-refractivity contribution is -0.135. The molecular weight excluding hydrogens is 252 g/mol. The highest BCUT2D eigenvalue weighted by atomic mass is 28.3. The highest BCUT2D eigenvalue weighted by Gasteiger charge is 2.18. The van der Waals surface area contributed by atoms with E-state index >= 15 is 0 Å². The lowest BCUT2D eigenvalue weighted by atomic mass is 9.97. The number of carbonyl (C=O) groups excluding carboxylic acids is 1. The van der Waals surface area contributed by atoms with Crippen LogP contribution < -0.4 is 0 Å². The predicted molar refractivity (Wildman–Crippen MR) is 81.3 cm³/mol. The van der Waals surface area contributed by atoms with Gasteiger partial charge in [-0.1, -0.05) is 43.8 Å². The summed E-state index contributed by atoms with van der Waals surface area (Å²) in [6.07, 6.45) is 1.07. The highest BCUT2D eigenvalue weighted by Crippen LogP contribution is 2.19. The Hall–Kier alpha value is -1.35. The zero-order valence-electron chi connectivity index (χ0n) is 12.3. The Bertz CT molecular complexity index is 423. The van der Waals surface area contributed by atoms with Crippen molar-refractivity contribution in [2.24, 2.45) is 5.92 Å². The van der Waals surface area contributed by atoms with E-state index in [1.165, 1.54) is 5.56 Å². The lowest BCUT2D eigenvalue weighted by Crippen LogP contribution is -2.21. The van der Waals surface area contributed by atoms with Crippen LogP contribution >= 0.6 is 0 Å². The van der Waals surface area contributed by atoms with E-state index in [1.807, 2.05) is 25.6 Å². The molecular formula is C16H23O2Si. The molecule has 2 nitrogen and oxygen atoms in total. The summed E-state index contributed by atoms with van der Waals surface area (Å²) < 4.78 is 5.36. The SMILES string of the molecule is C=C[Si](C)OC(=O)C(C)c1ccc(CC(C)C)cc1. The van der Waals surface area contributed by atoms with Crippen molar-refractivity contribution in [3.05, 3.63) is 47.7 Å². The summed E-state index contributed by atoms with van der Waals surface area (Å²) in [5.74, 6) is 0.270. The van der Waals surface area contributed by atoms with Gasteiger partial charge in [0.25, 0.3) is 5.97 Å². The van der Waals surface area contributed by atoms with E-state index < -0.39 is 9.04 Å². The molecule has 0 heterocycles. The van der Waals surface area contributed by atoms with Gasteiger partial charge in [-0.25, -0.2) is 0 Å². The van der Waals surface area contributed by atoms with Gasteiger partial charge < -0.3 is 4.43 Å². The van der Waals surface area contributed by atoms with Gasteiger partial charge in [-0.05, 0) is 36.9 Å². The Balaban J connectivity index is 2.69. The van der Waals surface area contributed by atoms with E-state index in [-0.39, 0.29) is 11.9 Å². The number of rotatable bonds is 6. The van der Waals surface area contributed by atoms with Gasteiger partial charge >= 0.3 is 9.04 Å². The predicted octanol–water partition coefficient (Wildman–Crippen LogP) is 3.88. The molecule has 0 bridgehead atoms. The highest BCUT2D eigenvalue weighted by molar-refractivity contribution is 6.57. The van der Waals surface area contributed by atoms with Crippen LogP contribution in [0, 0.1) is 5.92 Å². The molecule has 1 radical (unpaired) electrons. The molecule has 103 valence electrons. The minimum absolute atomic E-state index is 0.159. The smallest absolute Gasteiger partial charge is 0.309 e. The molecule has 0 saturated heterocycles. The molecule has 1 aromatic rings. The van der Waals surface area contributed by atoms with Crippen LogP contribution in [0.1, 0.15) is 37.8 Å². The number of hydrogen-bond acceptors (Lipinski definition) is 2. The molecule has 1 unspecified atom stereocenters. The van der Waals surface area contributed by atoms with Gasteiger partial charge in [0.05, 0.1) is 5.92 Å². The monoisotopic (exact) mass is 275 g/mol. The number of carbonyl (C=O) groups is 1. The molecule has 19 heavy (non-hydrogen) atoms. The Morgan fingerprint density at radius 1 is 1.32 bits per heavy atom. The normalized spacial score (nSPS) is 12.5. The first-order valence-corrected chi connectivity index (χ1v) is 8.69. The van der Waals surface area contributed by atoms with E-state index in [1.54, 1.807) is 5.70 Å². The standard InChI is InChI=1S/C16H23O2Si/c1-6-19(5)18-16(17)13(4)15-9-7-14(8-10-15)11-12(2)3/h6-10,12-13H,1,11H2,2-5H3. The first-order chi connectivity index (χ1) is 8.93. The van der Waals surface area contributed by atoms with Crippen molar-refractivity contribution >= 4 is 15.0 Å². The third kappa shape index (κ3) is 5.03. The molecule has 0 amide bonds. The average molecular weight is 275 g/mol. The maximum absolute atomic E-state index is 11.9. The molecule has 1 atom stereocenters. The largest absolute Gasteiger partial charge is 0.513 e. The summed E-state index contributed by atoms with van der Waals surface area (Å²) in [4.78, 5) is 11.9. The van der Waals surface area contributed by atoms with E-state index in [9.17, 15) is 4.79 Å². The second-order valence-electron chi connectivity index (χ2n) is 5.30. The van der Waals surface area contributed by atoms with Gasteiger partial charge in [-0.15, -0.1) is 6.58 Å². The minimum Gasteiger partial charge on any atom is -0.513 e. The summed E-state index contributed by atoms with van der Waals surface area (Å²) >= 11 is 0. The minimum atomic E-state index is -1.19. The van der Waals surface area contributed by atoms with Crippen molar-refractivity contribution in [3.8, 4) is 0 Å². The summed E-state index contributed by atoms with van der Waals surface area (Å²) in [5.41, 5.74) is 4.04. The van der Waals surface area contributed by atoms with Gasteiger partial charge in [0.15, 0.2) is 0 Å². The molecule has 1 rings (SSSR count). The molecule has 0 N–H and O–H groups in total. The van der Waals surface area contributed by atoms with Gasteiger partial charge in [0.1, 0.15) is 0 Å². The third-order valence-corrected chi connectivity index (χ3v) is 4.12. The molecule has 0 aliphatic carbocycles. The molecule has 3 heteroatoms. The third-order valence-electron chi connectivity index (χ3n) is 3.03. The lowest BCUT2D eigenvalue weighted by Gasteiger charge is -2.14. The first kappa shape index (κ1) is 15.7. The van der Waals surface area contributed by atoms with Crippen LogP contribution in [-0.2, 0) is 15.6 Å². The Morgan fingerprint density at radius 2 is 1.89 bits per heavy atom. The second kappa shape index (κ2) is 7.29. The molecule has 1 aromatic carbocycles. The van der Waals surface area contributed by atoms with Crippen molar-refractivity contribution in [2.75, 3.05) is 0 Å². The molecule has 0 aliphatic heterocycles. The van der Waals surface area contributed by atoms with Gasteiger partial charge in [0.2, 0.25) is 0 Å². The second-order valence-corrected chi connectivity index (χ2v) is 7.13. The summed E-state index contributed by atoms with van der Waals surface area (Å²) in [6.45, 7) is 11.9. The fourth-order valence-corrected chi connectivity index (χ4v) is 2.42.